The lowest BCUT2D eigenvalue weighted by Crippen LogP contribution is -2.21. The van der Waals surface area contributed by atoms with Crippen molar-refractivity contribution >= 4 is 17.5 Å². The van der Waals surface area contributed by atoms with Crippen molar-refractivity contribution in [2.45, 2.75) is 19.8 Å². The molecule has 0 atom stereocenters. The van der Waals surface area contributed by atoms with Gasteiger partial charge in [0.25, 0.3) is 5.91 Å². The summed E-state index contributed by atoms with van der Waals surface area (Å²) in [4.78, 5) is 25.2. The van der Waals surface area contributed by atoms with Crippen LogP contribution < -0.4 is 5.32 Å². The SMILES string of the molecule is Cc1cc(C(=O)Nc2cccc(CCC(=O)N(C)C)c2)on1. The van der Waals surface area contributed by atoms with Crippen LogP contribution in [0.1, 0.15) is 28.2 Å². The van der Waals surface area contributed by atoms with Crippen molar-refractivity contribution in [2.75, 3.05) is 19.4 Å². The fraction of sp³-hybridized carbons (Fsp3) is 0.312. The Morgan fingerprint density at radius 3 is 2.68 bits per heavy atom. The topological polar surface area (TPSA) is 75.4 Å². The Bertz CT molecular complexity index is 677. The van der Waals surface area contributed by atoms with Crippen LogP contribution in [0.5, 0.6) is 0 Å². The van der Waals surface area contributed by atoms with Crippen molar-refractivity contribution in [1.82, 2.24) is 10.1 Å². The molecule has 2 rings (SSSR count). The molecule has 0 aliphatic rings. The second-order valence-electron chi connectivity index (χ2n) is 5.28. The van der Waals surface area contributed by atoms with Crippen molar-refractivity contribution in [1.29, 1.82) is 0 Å². The molecule has 2 aromatic rings. The smallest absolute Gasteiger partial charge is 0.294 e. The summed E-state index contributed by atoms with van der Waals surface area (Å²) in [6.45, 7) is 1.75. The largest absolute Gasteiger partial charge is 0.351 e. The second kappa shape index (κ2) is 6.89. The van der Waals surface area contributed by atoms with E-state index < -0.39 is 0 Å². The molecule has 0 fully saturated rings. The zero-order chi connectivity index (χ0) is 16.1. The van der Waals surface area contributed by atoms with Gasteiger partial charge in [-0.2, -0.15) is 0 Å². The highest BCUT2D eigenvalue weighted by Crippen LogP contribution is 2.14. The van der Waals surface area contributed by atoms with Gasteiger partial charge in [0.05, 0.1) is 5.69 Å². The van der Waals surface area contributed by atoms with Crippen molar-refractivity contribution in [3.63, 3.8) is 0 Å². The Morgan fingerprint density at radius 2 is 2.05 bits per heavy atom. The lowest BCUT2D eigenvalue weighted by Gasteiger charge is -2.10. The van der Waals surface area contributed by atoms with E-state index in [-0.39, 0.29) is 17.6 Å². The number of hydrogen-bond donors (Lipinski definition) is 1. The van der Waals surface area contributed by atoms with Crippen LogP contribution in [-0.4, -0.2) is 36.0 Å². The van der Waals surface area contributed by atoms with Gasteiger partial charge in [-0.15, -0.1) is 0 Å². The molecule has 1 aromatic carbocycles. The summed E-state index contributed by atoms with van der Waals surface area (Å²) in [5.41, 5.74) is 2.30. The van der Waals surface area contributed by atoms with Gasteiger partial charge in [-0.1, -0.05) is 17.3 Å². The Hall–Kier alpha value is -2.63. The Labute approximate surface area is 129 Å². The van der Waals surface area contributed by atoms with Crippen LogP contribution in [0.25, 0.3) is 0 Å². The van der Waals surface area contributed by atoms with Crippen LogP contribution in [0, 0.1) is 6.92 Å². The van der Waals surface area contributed by atoms with Crippen molar-refractivity contribution in [2.24, 2.45) is 0 Å². The van der Waals surface area contributed by atoms with E-state index in [2.05, 4.69) is 10.5 Å². The summed E-state index contributed by atoms with van der Waals surface area (Å²) in [6.07, 6.45) is 1.06. The molecule has 0 saturated carbocycles. The van der Waals surface area contributed by atoms with Crippen LogP contribution >= 0.6 is 0 Å². The number of nitrogens with one attached hydrogen (secondary N) is 1. The molecular weight excluding hydrogens is 282 g/mol. The van der Waals surface area contributed by atoms with Crippen LogP contribution in [0.2, 0.25) is 0 Å². The monoisotopic (exact) mass is 301 g/mol. The summed E-state index contributed by atoms with van der Waals surface area (Å²) < 4.78 is 4.92. The highest BCUT2D eigenvalue weighted by atomic mass is 16.5. The zero-order valence-corrected chi connectivity index (χ0v) is 12.9. The van der Waals surface area contributed by atoms with Gasteiger partial charge < -0.3 is 14.7 Å². The summed E-state index contributed by atoms with van der Waals surface area (Å²) in [5.74, 6) is -0.0978. The van der Waals surface area contributed by atoms with Crippen LogP contribution in [0.15, 0.2) is 34.9 Å². The maximum atomic E-state index is 12.0. The van der Waals surface area contributed by atoms with E-state index >= 15 is 0 Å². The molecule has 0 spiro atoms. The number of hydrogen-bond acceptors (Lipinski definition) is 4. The highest BCUT2D eigenvalue weighted by Gasteiger charge is 2.12. The zero-order valence-electron chi connectivity index (χ0n) is 12.9. The van der Waals surface area contributed by atoms with Gasteiger partial charge in [-0.25, -0.2) is 0 Å². The first-order valence-corrected chi connectivity index (χ1v) is 6.99. The molecule has 6 heteroatoms. The third-order valence-electron chi connectivity index (χ3n) is 3.16. The van der Waals surface area contributed by atoms with Crippen molar-refractivity contribution in [3.8, 4) is 0 Å². The molecule has 116 valence electrons. The molecule has 0 bridgehead atoms. The molecule has 1 N–H and O–H groups in total. The Morgan fingerprint density at radius 1 is 1.27 bits per heavy atom. The van der Waals surface area contributed by atoms with E-state index in [9.17, 15) is 9.59 Å². The van der Waals surface area contributed by atoms with Gasteiger partial charge in [-0.3, -0.25) is 9.59 Å². The third-order valence-corrected chi connectivity index (χ3v) is 3.16. The Kier molecular flexibility index (Phi) is 4.93. The molecular formula is C16H19N3O3. The quantitative estimate of drug-likeness (QED) is 0.919. The fourth-order valence-corrected chi connectivity index (χ4v) is 1.94. The molecule has 1 heterocycles. The lowest BCUT2D eigenvalue weighted by molar-refractivity contribution is -0.128. The van der Waals surface area contributed by atoms with Crippen molar-refractivity contribution in [3.05, 3.63) is 47.3 Å². The second-order valence-corrected chi connectivity index (χ2v) is 5.28. The van der Waals surface area contributed by atoms with Gasteiger partial charge in [0.2, 0.25) is 11.7 Å². The maximum Gasteiger partial charge on any atom is 0.294 e. The molecule has 6 nitrogen and oxygen atoms in total. The number of aryl methyl sites for hydroxylation is 2. The predicted molar refractivity (Wildman–Crippen MR) is 82.7 cm³/mol. The van der Waals surface area contributed by atoms with E-state index in [0.717, 1.165) is 5.56 Å². The lowest BCUT2D eigenvalue weighted by atomic mass is 10.1. The molecule has 0 aliphatic heterocycles. The average molecular weight is 301 g/mol. The standard InChI is InChI=1S/C16H19N3O3/c1-11-9-14(22-18-11)16(21)17-13-6-4-5-12(10-13)7-8-15(20)19(2)3/h4-6,9-10H,7-8H2,1-3H3,(H,17,21). The number of rotatable bonds is 5. The molecule has 0 unspecified atom stereocenters. The van der Waals surface area contributed by atoms with Gasteiger partial charge in [0.1, 0.15) is 0 Å². The van der Waals surface area contributed by atoms with Crippen LogP contribution in [0.4, 0.5) is 5.69 Å². The molecule has 2 amide bonds. The number of carbonyl (C=O) groups is 2. The maximum absolute atomic E-state index is 12.0. The van der Waals surface area contributed by atoms with Gasteiger partial charge in [-0.05, 0) is 31.0 Å². The number of carbonyl (C=O) groups excluding carboxylic acids is 2. The van der Waals surface area contributed by atoms with Gasteiger partial charge in [0.15, 0.2) is 0 Å². The van der Waals surface area contributed by atoms with Crippen molar-refractivity contribution < 1.29 is 14.1 Å². The summed E-state index contributed by atoms with van der Waals surface area (Å²) in [5, 5.41) is 6.44. The summed E-state index contributed by atoms with van der Waals surface area (Å²) in [7, 11) is 3.47. The van der Waals surface area contributed by atoms with Crippen LogP contribution in [0.3, 0.4) is 0 Å². The summed E-state index contributed by atoms with van der Waals surface area (Å²) >= 11 is 0. The Balaban J connectivity index is 1.99. The molecule has 0 aliphatic carbocycles. The van der Waals surface area contributed by atoms with E-state index in [1.54, 1.807) is 38.1 Å². The average Bonchev–Trinajstić information content (AvgIpc) is 2.91. The van der Waals surface area contributed by atoms with Gasteiger partial charge >= 0.3 is 0 Å². The predicted octanol–water partition coefficient (Wildman–Crippen LogP) is 2.26. The molecule has 1 aromatic heterocycles. The van der Waals surface area contributed by atoms with Gasteiger partial charge in [0, 0.05) is 32.3 Å². The highest BCUT2D eigenvalue weighted by molar-refractivity contribution is 6.02. The summed E-state index contributed by atoms with van der Waals surface area (Å²) in [6, 6.07) is 8.99. The first-order chi connectivity index (χ1) is 10.5. The minimum Gasteiger partial charge on any atom is -0.351 e. The number of aromatic nitrogens is 1. The minimum absolute atomic E-state index is 0.0755. The van der Waals surface area contributed by atoms with E-state index in [0.29, 0.717) is 24.2 Å². The van der Waals surface area contributed by atoms with Crippen LogP contribution in [-0.2, 0) is 11.2 Å². The molecule has 0 radical (unpaired) electrons. The van der Waals surface area contributed by atoms with E-state index in [1.807, 2.05) is 18.2 Å². The number of benzene rings is 1. The van der Waals surface area contributed by atoms with E-state index in [1.165, 1.54) is 0 Å². The number of amides is 2. The minimum atomic E-state index is -0.345. The number of anilines is 1. The first kappa shape index (κ1) is 15.8. The normalized spacial score (nSPS) is 10.3. The number of nitrogens with zero attached hydrogens (tertiary/aromatic N) is 2. The van der Waals surface area contributed by atoms with E-state index in [4.69, 9.17) is 4.52 Å². The molecule has 0 saturated heterocycles. The molecule has 22 heavy (non-hydrogen) atoms. The first-order valence-electron chi connectivity index (χ1n) is 6.99. The fourth-order valence-electron chi connectivity index (χ4n) is 1.94. The third kappa shape index (κ3) is 4.18.